The lowest BCUT2D eigenvalue weighted by Crippen LogP contribution is -2.31. The number of phenols is 1. The summed E-state index contributed by atoms with van der Waals surface area (Å²) in [5.41, 5.74) is 2.49. The number of Topliss-reactive ketones (excluding diaryl/α,β-unsaturated/α-hetero) is 1. The van der Waals surface area contributed by atoms with Gasteiger partial charge in [-0.3, -0.25) is 19.7 Å². The van der Waals surface area contributed by atoms with Crippen molar-refractivity contribution in [2.45, 2.75) is 25.2 Å². The van der Waals surface area contributed by atoms with E-state index in [0.29, 0.717) is 46.7 Å². The number of hydrogen-bond donors (Lipinski definition) is 3. The summed E-state index contributed by atoms with van der Waals surface area (Å²) in [6, 6.07) is 12.4. The SMILES string of the molecule is COc1cc(C2C(C#N)=C(SCC(=O)Nc3ccc([N+](=O)[O-])cc3)NC3=C2C(=O)CCC3)ccc1O. The summed E-state index contributed by atoms with van der Waals surface area (Å²) in [5.74, 6) is -0.929. The summed E-state index contributed by atoms with van der Waals surface area (Å²) in [5, 5.41) is 37.3. The highest BCUT2D eigenvalue weighted by molar-refractivity contribution is 8.03. The molecule has 10 nitrogen and oxygen atoms in total. The number of non-ortho nitro benzene ring substituents is 1. The van der Waals surface area contributed by atoms with Crippen LogP contribution in [0.2, 0.25) is 0 Å². The monoisotopic (exact) mass is 506 g/mol. The number of nitrogens with one attached hydrogen (secondary N) is 2. The number of carbonyl (C=O) groups is 2. The van der Waals surface area contributed by atoms with Crippen molar-refractivity contribution in [3.8, 4) is 17.6 Å². The molecule has 184 valence electrons. The van der Waals surface area contributed by atoms with Crippen molar-refractivity contribution < 1.29 is 24.4 Å². The fourth-order valence-electron chi connectivity index (χ4n) is 4.25. The van der Waals surface area contributed by atoms with Gasteiger partial charge in [0.1, 0.15) is 0 Å². The Morgan fingerprint density at radius 2 is 2.06 bits per heavy atom. The van der Waals surface area contributed by atoms with Crippen molar-refractivity contribution >= 4 is 34.8 Å². The van der Waals surface area contributed by atoms with Gasteiger partial charge in [-0.15, -0.1) is 0 Å². The second-order valence-corrected chi connectivity index (χ2v) is 9.14. The number of nitro benzene ring substituents is 1. The third kappa shape index (κ3) is 5.04. The second-order valence-electron chi connectivity index (χ2n) is 8.15. The summed E-state index contributed by atoms with van der Waals surface area (Å²) in [6.45, 7) is 0. The number of ether oxygens (including phenoxy) is 1. The Balaban J connectivity index is 1.60. The van der Waals surface area contributed by atoms with Crippen LogP contribution in [0, 0.1) is 21.4 Å². The Morgan fingerprint density at radius 3 is 2.72 bits per heavy atom. The molecule has 36 heavy (non-hydrogen) atoms. The predicted octanol–water partition coefficient (Wildman–Crippen LogP) is 4.11. The zero-order valence-electron chi connectivity index (χ0n) is 19.2. The first-order valence-corrected chi connectivity index (χ1v) is 12.0. The number of methoxy groups -OCH3 is 1. The number of dihydropyridines is 1. The van der Waals surface area contributed by atoms with E-state index < -0.39 is 10.8 Å². The number of thioether (sulfide) groups is 1. The van der Waals surface area contributed by atoms with Gasteiger partial charge >= 0.3 is 0 Å². The molecule has 2 aliphatic rings. The Kier molecular flexibility index (Phi) is 7.26. The molecule has 3 N–H and O–H groups in total. The number of carbonyl (C=O) groups excluding carboxylic acids is 2. The van der Waals surface area contributed by atoms with Crippen LogP contribution in [0.1, 0.15) is 30.7 Å². The van der Waals surface area contributed by atoms with Gasteiger partial charge in [0.15, 0.2) is 17.3 Å². The van der Waals surface area contributed by atoms with Gasteiger partial charge in [-0.2, -0.15) is 5.26 Å². The number of anilines is 1. The molecule has 11 heteroatoms. The van der Waals surface area contributed by atoms with E-state index in [-0.39, 0.29) is 34.6 Å². The highest BCUT2D eigenvalue weighted by atomic mass is 32.2. The smallest absolute Gasteiger partial charge is 0.269 e. The van der Waals surface area contributed by atoms with Crippen LogP contribution < -0.4 is 15.4 Å². The Hall–Kier alpha value is -4.30. The Morgan fingerprint density at radius 1 is 1.31 bits per heavy atom. The molecule has 0 fully saturated rings. The van der Waals surface area contributed by atoms with Crippen molar-refractivity contribution in [1.82, 2.24) is 5.32 Å². The van der Waals surface area contributed by atoms with Crippen LogP contribution in [0.3, 0.4) is 0 Å². The van der Waals surface area contributed by atoms with Gasteiger partial charge in [-0.05, 0) is 42.7 Å². The van der Waals surface area contributed by atoms with Crippen LogP contribution in [0.25, 0.3) is 0 Å². The number of allylic oxidation sites excluding steroid dienone is 3. The first-order valence-electron chi connectivity index (χ1n) is 11.0. The summed E-state index contributed by atoms with van der Waals surface area (Å²) in [7, 11) is 1.42. The number of amides is 1. The topological polar surface area (TPSA) is 155 Å². The normalized spacial score (nSPS) is 17.1. The zero-order chi connectivity index (χ0) is 25.8. The summed E-state index contributed by atoms with van der Waals surface area (Å²) < 4.78 is 5.23. The van der Waals surface area contributed by atoms with Crippen molar-refractivity contribution in [3.05, 3.63) is 80.0 Å². The van der Waals surface area contributed by atoms with Gasteiger partial charge in [-0.25, -0.2) is 0 Å². The van der Waals surface area contributed by atoms with Crippen LogP contribution >= 0.6 is 11.8 Å². The molecule has 1 amide bonds. The molecule has 0 saturated heterocycles. The molecule has 2 aromatic rings. The lowest BCUT2D eigenvalue weighted by molar-refractivity contribution is -0.384. The number of hydrogen-bond acceptors (Lipinski definition) is 9. The van der Waals surface area contributed by atoms with Crippen LogP contribution in [0.5, 0.6) is 11.5 Å². The molecule has 2 aromatic carbocycles. The summed E-state index contributed by atoms with van der Waals surface area (Å²) >= 11 is 1.13. The van der Waals surface area contributed by atoms with Crippen LogP contribution in [0.4, 0.5) is 11.4 Å². The molecule has 0 radical (unpaired) electrons. The third-order valence-electron chi connectivity index (χ3n) is 5.91. The molecule has 1 unspecified atom stereocenters. The maximum Gasteiger partial charge on any atom is 0.269 e. The molecular formula is C25H22N4O6S. The van der Waals surface area contributed by atoms with Gasteiger partial charge in [0, 0.05) is 35.5 Å². The fourth-order valence-corrected chi connectivity index (χ4v) is 5.11. The number of nitrogens with zero attached hydrogens (tertiary/aromatic N) is 2. The molecule has 4 rings (SSSR count). The van der Waals surface area contributed by atoms with Gasteiger partial charge in [-0.1, -0.05) is 17.8 Å². The highest BCUT2D eigenvalue weighted by Crippen LogP contribution is 2.45. The lowest BCUT2D eigenvalue weighted by atomic mass is 9.77. The van der Waals surface area contributed by atoms with Crippen LogP contribution in [-0.4, -0.2) is 34.6 Å². The molecule has 0 spiro atoms. The first kappa shape index (κ1) is 24.8. The molecule has 0 saturated carbocycles. The maximum atomic E-state index is 12.9. The average molecular weight is 507 g/mol. The third-order valence-corrected chi connectivity index (χ3v) is 6.93. The summed E-state index contributed by atoms with van der Waals surface area (Å²) in [6.07, 6.45) is 1.69. The minimum Gasteiger partial charge on any atom is -0.504 e. The van der Waals surface area contributed by atoms with E-state index in [1.54, 1.807) is 12.1 Å². The van der Waals surface area contributed by atoms with Crippen molar-refractivity contribution in [2.24, 2.45) is 0 Å². The largest absolute Gasteiger partial charge is 0.504 e. The second kappa shape index (κ2) is 10.5. The number of ketones is 1. The number of rotatable bonds is 7. The fraction of sp³-hybridized carbons (Fsp3) is 0.240. The quantitative estimate of drug-likeness (QED) is 0.372. The standard InChI is InChI=1S/C25H22N4O6S/c1-35-21-11-14(5-10-19(21)30)23-17(12-26)25(28-18-3-2-4-20(31)24(18)23)36-13-22(32)27-15-6-8-16(9-7-15)29(33)34/h5-11,23,28,30H,2-4,13H2,1H3,(H,27,32). The van der Waals surface area contributed by atoms with E-state index in [4.69, 9.17) is 4.74 Å². The summed E-state index contributed by atoms with van der Waals surface area (Å²) in [4.78, 5) is 35.8. The molecule has 0 aromatic heterocycles. The van der Waals surface area contributed by atoms with E-state index >= 15 is 0 Å². The predicted molar refractivity (Wildman–Crippen MR) is 133 cm³/mol. The van der Waals surface area contributed by atoms with Crippen LogP contribution in [0.15, 0.2) is 64.3 Å². The average Bonchev–Trinajstić information content (AvgIpc) is 2.87. The van der Waals surface area contributed by atoms with Gasteiger partial charge in [0.05, 0.1) is 40.4 Å². The molecule has 1 aliphatic heterocycles. The van der Waals surface area contributed by atoms with Gasteiger partial charge < -0.3 is 20.5 Å². The number of phenolic OH excluding ortho intramolecular Hbond substituents is 1. The molecule has 0 bridgehead atoms. The highest BCUT2D eigenvalue weighted by Gasteiger charge is 2.37. The number of nitro groups is 1. The minimum atomic E-state index is -0.659. The van der Waals surface area contributed by atoms with Gasteiger partial charge in [0.25, 0.3) is 5.69 Å². The Bertz CT molecular complexity index is 1340. The van der Waals surface area contributed by atoms with Crippen molar-refractivity contribution in [3.63, 3.8) is 0 Å². The number of nitriles is 1. The number of benzene rings is 2. The van der Waals surface area contributed by atoms with E-state index in [9.17, 15) is 30.1 Å². The van der Waals surface area contributed by atoms with Gasteiger partial charge in [0.2, 0.25) is 5.91 Å². The van der Waals surface area contributed by atoms with Crippen LogP contribution in [-0.2, 0) is 9.59 Å². The Labute approximate surface area is 210 Å². The van der Waals surface area contributed by atoms with Crippen molar-refractivity contribution in [1.29, 1.82) is 5.26 Å². The first-order chi connectivity index (χ1) is 17.3. The van der Waals surface area contributed by atoms with E-state index in [2.05, 4.69) is 16.7 Å². The maximum absolute atomic E-state index is 12.9. The molecule has 1 atom stereocenters. The lowest BCUT2D eigenvalue weighted by Gasteiger charge is -2.33. The minimum absolute atomic E-state index is 0.0350. The zero-order valence-corrected chi connectivity index (χ0v) is 20.1. The van der Waals surface area contributed by atoms with E-state index in [0.717, 1.165) is 17.5 Å². The van der Waals surface area contributed by atoms with E-state index in [1.165, 1.54) is 37.4 Å². The van der Waals surface area contributed by atoms with E-state index in [1.807, 2.05) is 0 Å². The molecule has 1 aliphatic carbocycles. The molecular weight excluding hydrogens is 484 g/mol. The van der Waals surface area contributed by atoms with Crippen molar-refractivity contribution in [2.75, 3.05) is 18.2 Å². The number of aromatic hydroxyl groups is 1. The molecule has 1 heterocycles.